The lowest BCUT2D eigenvalue weighted by Crippen LogP contribution is -2.21. The number of aromatic nitrogens is 2. The summed E-state index contributed by atoms with van der Waals surface area (Å²) in [4.78, 5) is 36.7. The lowest BCUT2D eigenvalue weighted by atomic mass is 10.1. The highest BCUT2D eigenvalue weighted by Crippen LogP contribution is 2.38. The molecule has 2 aromatic heterocycles. The molecule has 0 bridgehead atoms. The quantitative estimate of drug-likeness (QED) is 0.286. The number of halogens is 1. The Bertz CT molecular complexity index is 968. The number of anilines is 1. The molecule has 0 saturated heterocycles. The molecule has 2 heterocycles. The summed E-state index contributed by atoms with van der Waals surface area (Å²) >= 11 is 4.54. The molecule has 0 fully saturated rings. The molecule has 0 aromatic carbocycles. The monoisotopic (exact) mass is 484 g/mol. The number of rotatable bonds is 6. The zero-order valence-electron chi connectivity index (χ0n) is 16.1. The Labute approximate surface area is 179 Å². The topological polar surface area (TPSA) is 116 Å². The van der Waals surface area contributed by atoms with Crippen LogP contribution in [0.4, 0.5) is 10.8 Å². The van der Waals surface area contributed by atoms with Crippen molar-refractivity contribution in [2.75, 3.05) is 11.9 Å². The van der Waals surface area contributed by atoms with E-state index in [0.29, 0.717) is 16.3 Å². The number of hydrogen-bond donors (Lipinski definition) is 1. The van der Waals surface area contributed by atoms with Crippen LogP contribution in [0, 0.1) is 17.0 Å². The average Bonchev–Trinajstić information content (AvgIpc) is 3.02. The first-order chi connectivity index (χ1) is 13.8. The molecule has 9 nitrogen and oxygen atoms in total. The number of carbonyl (C=O) groups is 2. The van der Waals surface area contributed by atoms with Gasteiger partial charge in [0.15, 0.2) is 0 Å². The van der Waals surface area contributed by atoms with E-state index in [-0.39, 0.29) is 23.4 Å². The van der Waals surface area contributed by atoms with Crippen LogP contribution in [-0.2, 0) is 28.9 Å². The van der Waals surface area contributed by atoms with Crippen molar-refractivity contribution in [3.05, 3.63) is 36.3 Å². The Hall–Kier alpha value is -2.27. The van der Waals surface area contributed by atoms with Crippen molar-refractivity contribution in [1.82, 2.24) is 9.78 Å². The van der Waals surface area contributed by atoms with Crippen LogP contribution in [-0.4, -0.2) is 33.2 Å². The normalized spacial score (nSPS) is 13.5. The van der Waals surface area contributed by atoms with Crippen molar-refractivity contribution >= 4 is 50.0 Å². The van der Waals surface area contributed by atoms with Gasteiger partial charge >= 0.3 is 11.8 Å². The highest BCUT2D eigenvalue weighted by Gasteiger charge is 2.28. The number of thiophene rings is 1. The number of nitro groups is 1. The van der Waals surface area contributed by atoms with Crippen LogP contribution in [0.25, 0.3) is 0 Å². The number of esters is 1. The third-order valence-electron chi connectivity index (χ3n) is 4.74. The highest BCUT2D eigenvalue weighted by molar-refractivity contribution is 9.10. The molecule has 29 heavy (non-hydrogen) atoms. The number of carbonyl (C=O) groups excluding carboxylic acids is 2. The fraction of sp³-hybridized carbons (Fsp3) is 0.500. The summed E-state index contributed by atoms with van der Waals surface area (Å²) < 4.78 is 6.72. The number of nitrogens with zero attached hydrogens (tertiary/aromatic N) is 3. The molecule has 1 aliphatic carbocycles. The molecule has 0 atom stereocenters. The molecule has 2 aromatic rings. The van der Waals surface area contributed by atoms with Gasteiger partial charge in [-0.1, -0.05) is 6.42 Å². The van der Waals surface area contributed by atoms with Gasteiger partial charge in [-0.25, -0.2) is 4.79 Å². The van der Waals surface area contributed by atoms with E-state index in [1.807, 2.05) is 0 Å². The van der Waals surface area contributed by atoms with E-state index < -0.39 is 16.8 Å². The summed E-state index contributed by atoms with van der Waals surface area (Å²) in [5, 5.41) is 18.2. The lowest BCUT2D eigenvalue weighted by molar-refractivity contribution is -0.390. The smallest absolute Gasteiger partial charge is 0.404 e. The van der Waals surface area contributed by atoms with Crippen LogP contribution in [0.15, 0.2) is 4.47 Å². The summed E-state index contributed by atoms with van der Waals surface area (Å²) in [6.07, 6.45) is 4.81. The van der Waals surface area contributed by atoms with Crippen molar-refractivity contribution in [2.24, 2.45) is 0 Å². The van der Waals surface area contributed by atoms with Crippen LogP contribution >= 0.6 is 27.3 Å². The third-order valence-corrected chi connectivity index (χ3v) is 6.87. The molecule has 0 unspecified atom stereocenters. The Morgan fingerprint density at radius 1 is 1.34 bits per heavy atom. The Morgan fingerprint density at radius 3 is 2.72 bits per heavy atom. The number of nitrogens with one attached hydrogen (secondary N) is 1. The fourth-order valence-corrected chi connectivity index (χ4v) is 5.05. The molecular weight excluding hydrogens is 464 g/mol. The molecule has 156 valence electrons. The minimum absolute atomic E-state index is 0.205. The first kappa shape index (κ1) is 21.4. The molecule has 11 heteroatoms. The second-order valence-electron chi connectivity index (χ2n) is 6.67. The van der Waals surface area contributed by atoms with Crippen LogP contribution in [0.3, 0.4) is 0 Å². The van der Waals surface area contributed by atoms with Crippen molar-refractivity contribution < 1.29 is 19.2 Å². The summed E-state index contributed by atoms with van der Waals surface area (Å²) in [5.41, 5.74) is 1.88. The maximum absolute atomic E-state index is 12.6. The molecule has 1 N–H and O–H groups in total. The lowest BCUT2D eigenvalue weighted by Gasteiger charge is -2.08. The van der Waals surface area contributed by atoms with Crippen LogP contribution in [0.1, 0.15) is 52.7 Å². The van der Waals surface area contributed by atoms with Crippen molar-refractivity contribution in [1.29, 1.82) is 0 Å². The van der Waals surface area contributed by atoms with Gasteiger partial charge in [-0.05, 0) is 65.9 Å². The van der Waals surface area contributed by atoms with E-state index in [1.54, 1.807) is 13.8 Å². The number of ether oxygens (including phenoxy) is 1. The number of amides is 1. The number of fused-ring (bicyclic) bond motifs is 1. The molecule has 1 aliphatic rings. The predicted molar refractivity (Wildman–Crippen MR) is 111 cm³/mol. The van der Waals surface area contributed by atoms with Gasteiger partial charge in [-0.3, -0.25) is 4.79 Å². The minimum Gasteiger partial charge on any atom is -0.462 e. The maximum Gasteiger partial charge on any atom is 0.404 e. The van der Waals surface area contributed by atoms with E-state index >= 15 is 0 Å². The Kier molecular flexibility index (Phi) is 6.68. The Morgan fingerprint density at radius 2 is 2.07 bits per heavy atom. The summed E-state index contributed by atoms with van der Waals surface area (Å²) in [5.74, 6) is -1.19. The molecule has 3 rings (SSSR count). The van der Waals surface area contributed by atoms with Gasteiger partial charge in [0.1, 0.15) is 16.0 Å². The van der Waals surface area contributed by atoms with Crippen molar-refractivity contribution in [3.8, 4) is 0 Å². The second kappa shape index (κ2) is 9.04. The van der Waals surface area contributed by atoms with Gasteiger partial charge in [0.25, 0.3) is 0 Å². The van der Waals surface area contributed by atoms with E-state index in [9.17, 15) is 19.7 Å². The second-order valence-corrected chi connectivity index (χ2v) is 8.57. The van der Waals surface area contributed by atoms with Crippen molar-refractivity contribution in [2.45, 2.75) is 52.5 Å². The fourth-order valence-electron chi connectivity index (χ4n) is 3.33. The third kappa shape index (κ3) is 4.50. The molecule has 0 saturated carbocycles. The zero-order chi connectivity index (χ0) is 21.1. The minimum atomic E-state index is -0.610. The van der Waals surface area contributed by atoms with Crippen LogP contribution < -0.4 is 5.32 Å². The summed E-state index contributed by atoms with van der Waals surface area (Å²) in [7, 11) is 0. The number of aryl methyl sites for hydroxylation is 1. The largest absolute Gasteiger partial charge is 0.462 e. The van der Waals surface area contributed by atoms with Gasteiger partial charge in [0.2, 0.25) is 5.91 Å². The van der Waals surface area contributed by atoms with Gasteiger partial charge in [0, 0.05) is 4.88 Å². The standard InChI is InChI=1S/C18H21BrN4O5S/c1-3-28-18(25)14-11-7-5-4-6-8-12(11)29-17(14)20-13(24)9-22-10(2)15(19)16(21-22)23(26)27/h3-9H2,1-2H3,(H,20,24). The van der Waals surface area contributed by atoms with E-state index in [2.05, 4.69) is 26.3 Å². The maximum atomic E-state index is 12.6. The SMILES string of the molecule is CCOC(=O)c1c(NC(=O)Cn2nc([N+](=O)[O-])c(Br)c2C)sc2c1CCCCC2. The summed E-state index contributed by atoms with van der Waals surface area (Å²) in [6, 6.07) is 0. The van der Waals surface area contributed by atoms with Crippen LogP contribution in [0.2, 0.25) is 0 Å². The summed E-state index contributed by atoms with van der Waals surface area (Å²) in [6.45, 7) is 3.42. The van der Waals surface area contributed by atoms with Crippen molar-refractivity contribution in [3.63, 3.8) is 0 Å². The van der Waals surface area contributed by atoms with Gasteiger partial charge in [-0.2, -0.15) is 4.68 Å². The van der Waals surface area contributed by atoms with Crippen LogP contribution in [0.5, 0.6) is 0 Å². The highest BCUT2D eigenvalue weighted by atomic mass is 79.9. The molecule has 0 spiro atoms. The van der Waals surface area contributed by atoms with E-state index in [0.717, 1.165) is 42.5 Å². The predicted octanol–water partition coefficient (Wildman–Crippen LogP) is 4.01. The molecular formula is C18H21BrN4O5S. The molecule has 0 aliphatic heterocycles. The Balaban J connectivity index is 1.86. The zero-order valence-corrected chi connectivity index (χ0v) is 18.5. The van der Waals surface area contributed by atoms with Gasteiger partial charge in [-0.15, -0.1) is 11.3 Å². The first-order valence-corrected chi connectivity index (χ1v) is 10.9. The first-order valence-electron chi connectivity index (χ1n) is 9.32. The van der Waals surface area contributed by atoms with Gasteiger partial charge in [0.05, 0.1) is 23.0 Å². The van der Waals surface area contributed by atoms with E-state index in [1.165, 1.54) is 16.0 Å². The van der Waals surface area contributed by atoms with Gasteiger partial charge < -0.3 is 20.2 Å². The molecule has 1 amide bonds. The van der Waals surface area contributed by atoms with E-state index in [4.69, 9.17) is 4.74 Å². The molecule has 0 radical (unpaired) electrons. The average molecular weight is 485 g/mol. The number of hydrogen-bond acceptors (Lipinski definition) is 7.